The number of hydrogen-bond donors (Lipinski definition) is 2. The van der Waals surface area contributed by atoms with Crippen LogP contribution >= 0.6 is 0 Å². The van der Waals surface area contributed by atoms with Gasteiger partial charge in [0, 0.05) is 11.8 Å². The van der Waals surface area contributed by atoms with E-state index in [0.29, 0.717) is 12.3 Å². The molecule has 0 aliphatic heterocycles. The summed E-state index contributed by atoms with van der Waals surface area (Å²) in [5.41, 5.74) is -0.106. The van der Waals surface area contributed by atoms with Gasteiger partial charge in [0.25, 0.3) is 0 Å². The molecule has 2 heteroatoms. The Labute approximate surface area is 67.2 Å². The fraction of sp³-hybridized carbons (Fsp3) is 1.00. The third-order valence-electron chi connectivity index (χ3n) is 3.65. The molecule has 64 valence electrons. The topological polar surface area (TPSA) is 40.5 Å². The third-order valence-corrected chi connectivity index (χ3v) is 3.65. The molecule has 2 saturated carbocycles. The molecule has 0 radical (unpaired) electrons. The molecule has 0 bridgehead atoms. The summed E-state index contributed by atoms with van der Waals surface area (Å²) >= 11 is 0. The van der Waals surface area contributed by atoms with Crippen LogP contribution in [0.1, 0.15) is 39.0 Å². The molecule has 2 aliphatic carbocycles. The lowest BCUT2D eigenvalue weighted by Gasteiger charge is -2.36. The van der Waals surface area contributed by atoms with E-state index in [0.717, 1.165) is 19.3 Å². The van der Waals surface area contributed by atoms with E-state index in [2.05, 4.69) is 6.92 Å². The first-order chi connectivity index (χ1) is 5.08. The zero-order valence-electron chi connectivity index (χ0n) is 7.01. The van der Waals surface area contributed by atoms with Crippen LogP contribution in [0, 0.1) is 11.3 Å². The second-order valence-electron chi connectivity index (χ2n) is 4.29. The first-order valence-electron chi connectivity index (χ1n) is 4.53. The van der Waals surface area contributed by atoms with Crippen LogP contribution in [0.15, 0.2) is 0 Å². The van der Waals surface area contributed by atoms with Gasteiger partial charge in [0.2, 0.25) is 0 Å². The Balaban J connectivity index is 2.18. The molecule has 2 unspecified atom stereocenters. The summed E-state index contributed by atoms with van der Waals surface area (Å²) in [4.78, 5) is 0. The zero-order valence-corrected chi connectivity index (χ0v) is 7.01. The van der Waals surface area contributed by atoms with E-state index in [1.807, 2.05) is 0 Å². The molecule has 0 heterocycles. The van der Waals surface area contributed by atoms with Crippen LogP contribution in [0.3, 0.4) is 0 Å². The summed E-state index contributed by atoms with van der Waals surface area (Å²) < 4.78 is 0. The molecular formula is C9H16O2. The Hall–Kier alpha value is -0.0800. The van der Waals surface area contributed by atoms with Gasteiger partial charge in [-0.1, -0.05) is 13.3 Å². The minimum absolute atomic E-state index is 0.106. The summed E-state index contributed by atoms with van der Waals surface area (Å²) in [5, 5.41) is 19.4. The van der Waals surface area contributed by atoms with Crippen molar-refractivity contribution in [2.24, 2.45) is 11.3 Å². The van der Waals surface area contributed by atoms with E-state index in [4.69, 9.17) is 0 Å². The third kappa shape index (κ3) is 0.859. The van der Waals surface area contributed by atoms with Gasteiger partial charge in [-0.3, -0.25) is 0 Å². The second kappa shape index (κ2) is 1.99. The van der Waals surface area contributed by atoms with Gasteiger partial charge in [0.05, 0.1) is 0 Å². The van der Waals surface area contributed by atoms with Gasteiger partial charge in [-0.15, -0.1) is 0 Å². The van der Waals surface area contributed by atoms with Crippen LogP contribution in [-0.2, 0) is 0 Å². The van der Waals surface area contributed by atoms with E-state index in [-0.39, 0.29) is 5.41 Å². The molecule has 0 aromatic carbocycles. The largest absolute Gasteiger partial charge is 0.365 e. The predicted molar refractivity (Wildman–Crippen MR) is 41.9 cm³/mol. The highest BCUT2D eigenvalue weighted by molar-refractivity contribution is 5.09. The van der Waals surface area contributed by atoms with Crippen LogP contribution in [0.2, 0.25) is 0 Å². The average Bonchev–Trinajstić information content (AvgIpc) is 2.54. The van der Waals surface area contributed by atoms with Crippen molar-refractivity contribution in [2.45, 2.75) is 44.8 Å². The SMILES string of the molecule is CC1CC12CCCCC2(O)O. The molecule has 0 aromatic rings. The molecule has 2 fully saturated rings. The fourth-order valence-corrected chi connectivity index (χ4v) is 2.66. The number of hydrogen-bond acceptors (Lipinski definition) is 2. The Morgan fingerprint density at radius 1 is 1.18 bits per heavy atom. The van der Waals surface area contributed by atoms with Crippen LogP contribution in [0.25, 0.3) is 0 Å². The molecule has 2 nitrogen and oxygen atoms in total. The quantitative estimate of drug-likeness (QED) is 0.518. The number of rotatable bonds is 0. The van der Waals surface area contributed by atoms with Gasteiger partial charge in [-0.25, -0.2) is 0 Å². The molecule has 0 saturated heterocycles. The lowest BCUT2D eigenvalue weighted by Crippen LogP contribution is -2.43. The van der Waals surface area contributed by atoms with Gasteiger partial charge in [0.1, 0.15) is 0 Å². The second-order valence-corrected chi connectivity index (χ2v) is 4.29. The minimum Gasteiger partial charge on any atom is -0.365 e. The van der Waals surface area contributed by atoms with Gasteiger partial charge < -0.3 is 10.2 Å². The molecule has 0 aromatic heterocycles. The molecule has 11 heavy (non-hydrogen) atoms. The van der Waals surface area contributed by atoms with Crippen LogP contribution in [0.5, 0.6) is 0 Å². The minimum atomic E-state index is -1.34. The maximum Gasteiger partial charge on any atom is 0.168 e. The standard InChI is InChI=1S/C9H16O2/c1-7-6-8(7)4-2-3-5-9(8,10)11/h7,10-11H,2-6H2,1H3. The van der Waals surface area contributed by atoms with E-state index >= 15 is 0 Å². The van der Waals surface area contributed by atoms with Crippen molar-refractivity contribution in [3.05, 3.63) is 0 Å². The molecule has 2 aliphatic rings. The lowest BCUT2D eigenvalue weighted by atomic mass is 9.79. The predicted octanol–water partition coefficient (Wildman–Crippen LogP) is 1.27. The highest BCUT2D eigenvalue weighted by atomic mass is 16.5. The van der Waals surface area contributed by atoms with Gasteiger partial charge in [-0.05, 0) is 25.2 Å². The van der Waals surface area contributed by atoms with Gasteiger partial charge in [-0.2, -0.15) is 0 Å². The summed E-state index contributed by atoms with van der Waals surface area (Å²) in [6.07, 6.45) is 4.76. The summed E-state index contributed by atoms with van der Waals surface area (Å²) in [6, 6.07) is 0. The fourth-order valence-electron chi connectivity index (χ4n) is 2.66. The molecular weight excluding hydrogens is 140 g/mol. The Morgan fingerprint density at radius 3 is 2.09 bits per heavy atom. The van der Waals surface area contributed by atoms with Crippen molar-refractivity contribution in [3.8, 4) is 0 Å². The summed E-state index contributed by atoms with van der Waals surface area (Å²) in [7, 11) is 0. The maximum absolute atomic E-state index is 9.69. The zero-order chi connectivity index (χ0) is 8.11. The van der Waals surface area contributed by atoms with Crippen LogP contribution in [-0.4, -0.2) is 16.0 Å². The molecule has 2 atom stereocenters. The van der Waals surface area contributed by atoms with Crippen molar-refractivity contribution in [1.82, 2.24) is 0 Å². The molecule has 2 rings (SSSR count). The van der Waals surface area contributed by atoms with Crippen molar-refractivity contribution in [3.63, 3.8) is 0 Å². The normalized spacial score (nSPS) is 47.7. The lowest BCUT2D eigenvalue weighted by molar-refractivity contribution is -0.232. The maximum atomic E-state index is 9.69. The Kier molecular flexibility index (Phi) is 1.37. The van der Waals surface area contributed by atoms with Crippen molar-refractivity contribution in [1.29, 1.82) is 0 Å². The Morgan fingerprint density at radius 2 is 1.73 bits per heavy atom. The van der Waals surface area contributed by atoms with Gasteiger partial charge >= 0.3 is 0 Å². The first kappa shape index (κ1) is 7.56. The monoisotopic (exact) mass is 156 g/mol. The van der Waals surface area contributed by atoms with Crippen molar-refractivity contribution < 1.29 is 10.2 Å². The van der Waals surface area contributed by atoms with Crippen LogP contribution < -0.4 is 0 Å². The highest BCUT2D eigenvalue weighted by Gasteiger charge is 2.64. The van der Waals surface area contributed by atoms with E-state index in [9.17, 15) is 10.2 Å². The molecule has 0 amide bonds. The van der Waals surface area contributed by atoms with E-state index in [1.54, 1.807) is 0 Å². The average molecular weight is 156 g/mol. The smallest absolute Gasteiger partial charge is 0.168 e. The highest BCUT2D eigenvalue weighted by Crippen LogP contribution is 2.64. The van der Waals surface area contributed by atoms with Crippen molar-refractivity contribution >= 4 is 0 Å². The molecule has 1 spiro atoms. The van der Waals surface area contributed by atoms with E-state index in [1.165, 1.54) is 6.42 Å². The van der Waals surface area contributed by atoms with Crippen LogP contribution in [0.4, 0.5) is 0 Å². The van der Waals surface area contributed by atoms with Crippen molar-refractivity contribution in [2.75, 3.05) is 0 Å². The van der Waals surface area contributed by atoms with E-state index < -0.39 is 5.79 Å². The summed E-state index contributed by atoms with van der Waals surface area (Å²) in [5.74, 6) is -0.817. The molecule has 2 N–H and O–H groups in total. The Bertz CT molecular complexity index is 176. The first-order valence-corrected chi connectivity index (χ1v) is 4.53. The summed E-state index contributed by atoms with van der Waals surface area (Å²) in [6.45, 7) is 2.12. The number of aliphatic hydroxyl groups is 2. The van der Waals surface area contributed by atoms with Gasteiger partial charge in [0.15, 0.2) is 5.79 Å².